The van der Waals surface area contributed by atoms with E-state index in [9.17, 15) is 4.79 Å². The van der Waals surface area contributed by atoms with Crippen LogP contribution in [0.2, 0.25) is 0 Å². The van der Waals surface area contributed by atoms with Crippen molar-refractivity contribution in [2.75, 3.05) is 0 Å². The van der Waals surface area contributed by atoms with E-state index in [1.54, 1.807) is 0 Å². The first-order valence-corrected chi connectivity index (χ1v) is 4.47. The lowest BCUT2D eigenvalue weighted by Crippen LogP contribution is -2.16. The predicted molar refractivity (Wildman–Crippen MR) is 55.8 cm³/mol. The lowest BCUT2D eigenvalue weighted by atomic mass is 10.2. The number of esters is 1. The van der Waals surface area contributed by atoms with Crippen molar-refractivity contribution in [2.24, 2.45) is 5.73 Å². The molecule has 1 aromatic rings. The summed E-state index contributed by atoms with van der Waals surface area (Å²) in [7, 11) is 0. The number of hydrogen-bond acceptors (Lipinski definition) is 4. The third-order valence-corrected chi connectivity index (χ3v) is 1.82. The lowest BCUT2D eigenvalue weighted by molar-refractivity contribution is -0.140. The zero-order valence-electron chi connectivity index (χ0n) is 8.43. The minimum absolute atomic E-state index is 0.146. The van der Waals surface area contributed by atoms with Gasteiger partial charge in [-0.1, -0.05) is 30.3 Å². The SMILES string of the molecule is C/C(O)=C(/N)C(=O)OCc1ccccc1. The Bertz CT molecular complexity index is 367. The predicted octanol–water partition coefficient (Wildman–Crippen LogP) is 1.48. The van der Waals surface area contributed by atoms with Gasteiger partial charge in [-0.3, -0.25) is 0 Å². The molecular weight excluding hydrogens is 194 g/mol. The fourth-order valence-electron chi connectivity index (χ4n) is 0.949. The zero-order valence-corrected chi connectivity index (χ0v) is 8.43. The summed E-state index contributed by atoms with van der Waals surface area (Å²) >= 11 is 0. The highest BCUT2D eigenvalue weighted by atomic mass is 16.5. The number of benzene rings is 1. The van der Waals surface area contributed by atoms with Crippen molar-refractivity contribution in [1.29, 1.82) is 0 Å². The van der Waals surface area contributed by atoms with E-state index in [1.165, 1.54) is 6.92 Å². The van der Waals surface area contributed by atoms with Crippen LogP contribution >= 0.6 is 0 Å². The van der Waals surface area contributed by atoms with Crippen molar-refractivity contribution in [3.05, 3.63) is 47.4 Å². The van der Waals surface area contributed by atoms with Crippen molar-refractivity contribution in [2.45, 2.75) is 13.5 Å². The number of carbonyl (C=O) groups excluding carboxylic acids is 1. The second kappa shape index (κ2) is 5.05. The quantitative estimate of drug-likeness (QED) is 0.447. The van der Waals surface area contributed by atoms with Crippen LogP contribution in [0, 0.1) is 0 Å². The van der Waals surface area contributed by atoms with E-state index in [2.05, 4.69) is 0 Å². The molecule has 80 valence electrons. The molecule has 15 heavy (non-hydrogen) atoms. The van der Waals surface area contributed by atoms with Gasteiger partial charge in [0, 0.05) is 0 Å². The monoisotopic (exact) mass is 207 g/mol. The number of hydrogen-bond donors (Lipinski definition) is 2. The number of aliphatic hydroxyl groups excluding tert-OH is 1. The zero-order chi connectivity index (χ0) is 11.3. The first-order valence-electron chi connectivity index (χ1n) is 4.47. The standard InChI is InChI=1S/C11H13NO3/c1-8(13)10(12)11(14)15-7-9-5-3-2-4-6-9/h2-6,13H,7,12H2,1H3/b10-8-. The maximum absolute atomic E-state index is 11.2. The Morgan fingerprint density at radius 2 is 2.00 bits per heavy atom. The van der Waals surface area contributed by atoms with Crippen LogP contribution in [0.4, 0.5) is 0 Å². The largest absolute Gasteiger partial charge is 0.510 e. The van der Waals surface area contributed by atoms with Gasteiger partial charge in [0.2, 0.25) is 0 Å². The summed E-state index contributed by atoms with van der Waals surface area (Å²) < 4.78 is 4.87. The molecule has 0 unspecified atom stereocenters. The van der Waals surface area contributed by atoms with Crippen molar-refractivity contribution in [3.8, 4) is 0 Å². The summed E-state index contributed by atoms with van der Waals surface area (Å²) in [5, 5.41) is 8.94. The molecule has 4 nitrogen and oxygen atoms in total. The normalized spacial score (nSPS) is 11.8. The smallest absolute Gasteiger partial charge is 0.358 e. The molecule has 0 fully saturated rings. The molecular formula is C11H13NO3. The molecule has 4 heteroatoms. The molecule has 3 N–H and O–H groups in total. The van der Waals surface area contributed by atoms with Gasteiger partial charge in [-0.2, -0.15) is 0 Å². The Morgan fingerprint density at radius 1 is 1.40 bits per heavy atom. The maximum Gasteiger partial charge on any atom is 0.358 e. The fourth-order valence-corrected chi connectivity index (χ4v) is 0.949. The highest BCUT2D eigenvalue weighted by molar-refractivity contribution is 5.87. The Balaban J connectivity index is 2.52. The van der Waals surface area contributed by atoms with Crippen LogP contribution in [0.15, 0.2) is 41.8 Å². The van der Waals surface area contributed by atoms with Crippen LogP contribution < -0.4 is 5.73 Å². The fraction of sp³-hybridized carbons (Fsp3) is 0.182. The molecule has 0 saturated heterocycles. The van der Waals surface area contributed by atoms with Crippen LogP contribution in [0.25, 0.3) is 0 Å². The maximum atomic E-state index is 11.2. The third-order valence-electron chi connectivity index (χ3n) is 1.82. The van der Waals surface area contributed by atoms with Crippen LogP contribution in [-0.4, -0.2) is 11.1 Å². The molecule has 0 radical (unpaired) electrons. The van der Waals surface area contributed by atoms with E-state index in [1.807, 2.05) is 30.3 Å². The molecule has 0 amide bonds. The third kappa shape index (κ3) is 3.34. The average Bonchev–Trinajstić information content (AvgIpc) is 2.26. The highest BCUT2D eigenvalue weighted by Crippen LogP contribution is 2.03. The number of rotatable bonds is 3. The Kier molecular flexibility index (Phi) is 3.74. The van der Waals surface area contributed by atoms with Crippen molar-refractivity contribution >= 4 is 5.97 Å². The molecule has 0 aliphatic carbocycles. The summed E-state index contributed by atoms with van der Waals surface area (Å²) in [6, 6.07) is 9.23. The van der Waals surface area contributed by atoms with Gasteiger partial charge < -0.3 is 15.6 Å². The lowest BCUT2D eigenvalue weighted by Gasteiger charge is -2.05. The highest BCUT2D eigenvalue weighted by Gasteiger charge is 2.09. The first kappa shape index (κ1) is 11.1. The van der Waals surface area contributed by atoms with Crippen LogP contribution in [-0.2, 0) is 16.1 Å². The molecule has 0 atom stereocenters. The minimum Gasteiger partial charge on any atom is -0.510 e. The minimum atomic E-state index is -0.709. The summed E-state index contributed by atoms with van der Waals surface area (Å²) in [4.78, 5) is 11.2. The molecule has 1 rings (SSSR count). The van der Waals surface area contributed by atoms with Crippen LogP contribution in [0.1, 0.15) is 12.5 Å². The van der Waals surface area contributed by atoms with Crippen LogP contribution in [0.5, 0.6) is 0 Å². The van der Waals surface area contributed by atoms with Crippen molar-refractivity contribution in [3.63, 3.8) is 0 Å². The first-order chi connectivity index (χ1) is 7.11. The van der Waals surface area contributed by atoms with Gasteiger partial charge in [0.15, 0.2) is 5.70 Å². The Hall–Kier alpha value is -1.97. The summed E-state index contributed by atoms with van der Waals surface area (Å²) in [5.74, 6) is -0.938. The van der Waals surface area contributed by atoms with Gasteiger partial charge in [0.1, 0.15) is 12.4 Å². The second-order valence-electron chi connectivity index (χ2n) is 3.06. The van der Waals surface area contributed by atoms with Crippen molar-refractivity contribution < 1.29 is 14.6 Å². The van der Waals surface area contributed by atoms with Gasteiger partial charge in [0.25, 0.3) is 0 Å². The Labute approximate surface area is 88.0 Å². The van der Waals surface area contributed by atoms with Gasteiger partial charge in [-0.25, -0.2) is 4.79 Å². The van der Waals surface area contributed by atoms with Crippen molar-refractivity contribution in [1.82, 2.24) is 0 Å². The molecule has 0 aliphatic rings. The van der Waals surface area contributed by atoms with E-state index < -0.39 is 5.97 Å². The summed E-state index contributed by atoms with van der Waals surface area (Å²) in [5.41, 5.74) is 5.89. The molecule has 0 saturated carbocycles. The molecule has 0 aromatic heterocycles. The number of carbonyl (C=O) groups is 1. The van der Waals surface area contributed by atoms with E-state index >= 15 is 0 Å². The molecule has 1 aromatic carbocycles. The van der Waals surface area contributed by atoms with E-state index in [4.69, 9.17) is 15.6 Å². The molecule has 0 heterocycles. The average molecular weight is 207 g/mol. The molecule has 0 spiro atoms. The topological polar surface area (TPSA) is 72.5 Å². The summed E-state index contributed by atoms with van der Waals surface area (Å²) in [6.45, 7) is 1.48. The van der Waals surface area contributed by atoms with Gasteiger partial charge in [-0.05, 0) is 12.5 Å². The van der Waals surface area contributed by atoms with E-state index in [0.29, 0.717) is 0 Å². The van der Waals surface area contributed by atoms with Gasteiger partial charge in [-0.15, -0.1) is 0 Å². The molecule has 0 bridgehead atoms. The van der Waals surface area contributed by atoms with E-state index in [-0.39, 0.29) is 18.1 Å². The number of aliphatic hydroxyl groups is 1. The van der Waals surface area contributed by atoms with Gasteiger partial charge in [0.05, 0.1) is 0 Å². The molecule has 0 aliphatic heterocycles. The number of nitrogens with two attached hydrogens (primary N) is 1. The summed E-state index contributed by atoms with van der Waals surface area (Å²) in [6.07, 6.45) is 0. The number of ether oxygens (including phenoxy) is 1. The van der Waals surface area contributed by atoms with Crippen LogP contribution in [0.3, 0.4) is 0 Å². The van der Waals surface area contributed by atoms with Gasteiger partial charge >= 0.3 is 5.97 Å². The van der Waals surface area contributed by atoms with E-state index in [0.717, 1.165) is 5.56 Å². The number of allylic oxidation sites excluding steroid dienone is 1. The second-order valence-corrected chi connectivity index (χ2v) is 3.06. The Morgan fingerprint density at radius 3 is 2.53 bits per heavy atom.